The number of nitrogens with zero attached hydrogens (tertiary/aromatic N) is 2. The maximum atomic E-state index is 10.8. The first-order valence-electron chi connectivity index (χ1n) is 7.58. The minimum atomic E-state index is -0.499. The Morgan fingerprint density at radius 2 is 1.92 bits per heavy atom. The fraction of sp³-hybridized carbons (Fsp3) is 0.0556. The first kappa shape index (κ1) is 16.2. The van der Waals surface area contributed by atoms with Crippen LogP contribution in [0.4, 0.5) is 11.4 Å². The van der Waals surface area contributed by atoms with Crippen molar-refractivity contribution in [3.05, 3.63) is 69.4 Å². The number of fused-ring (bicyclic) bond motifs is 1. The van der Waals surface area contributed by atoms with Crippen molar-refractivity contribution < 1.29 is 18.8 Å². The van der Waals surface area contributed by atoms with E-state index < -0.39 is 4.92 Å². The molecule has 1 aliphatic rings. The van der Waals surface area contributed by atoms with Crippen molar-refractivity contribution in [2.45, 2.75) is 0 Å². The maximum absolute atomic E-state index is 10.8. The van der Waals surface area contributed by atoms with Crippen molar-refractivity contribution in [2.75, 3.05) is 6.79 Å². The molecule has 1 aromatic heterocycles. The first-order valence-corrected chi connectivity index (χ1v) is 7.96. The summed E-state index contributed by atoms with van der Waals surface area (Å²) in [6.07, 6.45) is 1.57. The Labute approximate surface area is 152 Å². The lowest BCUT2D eigenvalue weighted by molar-refractivity contribution is -0.384. The van der Waals surface area contributed by atoms with Crippen LogP contribution >= 0.6 is 11.6 Å². The van der Waals surface area contributed by atoms with E-state index in [1.165, 1.54) is 12.1 Å². The van der Waals surface area contributed by atoms with E-state index in [1.807, 2.05) is 0 Å². The van der Waals surface area contributed by atoms with Gasteiger partial charge in [0.2, 0.25) is 6.79 Å². The minimum Gasteiger partial charge on any atom is -0.455 e. The summed E-state index contributed by atoms with van der Waals surface area (Å²) >= 11 is 6.12. The molecule has 7 nitrogen and oxygen atoms in total. The SMILES string of the molecule is O=[N+]([O-])c1ccc(-c2ccc(C=Nc3ccc4c(c3)OCO4)o2)c(Cl)c1. The van der Waals surface area contributed by atoms with Gasteiger partial charge in [-0.2, -0.15) is 0 Å². The molecule has 4 rings (SSSR count). The van der Waals surface area contributed by atoms with Crippen LogP contribution in [-0.4, -0.2) is 17.9 Å². The van der Waals surface area contributed by atoms with Gasteiger partial charge in [0.05, 0.1) is 21.8 Å². The van der Waals surface area contributed by atoms with Crippen LogP contribution in [0, 0.1) is 10.1 Å². The van der Waals surface area contributed by atoms with Crippen LogP contribution in [0.25, 0.3) is 11.3 Å². The number of benzene rings is 2. The Hall–Kier alpha value is -3.32. The van der Waals surface area contributed by atoms with Gasteiger partial charge in [0.25, 0.3) is 5.69 Å². The number of furan rings is 1. The Balaban J connectivity index is 1.56. The highest BCUT2D eigenvalue weighted by molar-refractivity contribution is 6.33. The largest absolute Gasteiger partial charge is 0.455 e. The van der Waals surface area contributed by atoms with E-state index in [1.54, 1.807) is 42.6 Å². The van der Waals surface area contributed by atoms with Crippen molar-refractivity contribution in [3.8, 4) is 22.8 Å². The normalized spacial score (nSPS) is 12.7. The Bertz CT molecular complexity index is 1030. The van der Waals surface area contributed by atoms with Crippen LogP contribution in [0.1, 0.15) is 5.76 Å². The van der Waals surface area contributed by atoms with Crippen molar-refractivity contribution >= 4 is 29.2 Å². The zero-order chi connectivity index (χ0) is 18.1. The topological polar surface area (TPSA) is 87.1 Å². The highest BCUT2D eigenvalue weighted by atomic mass is 35.5. The summed E-state index contributed by atoms with van der Waals surface area (Å²) in [4.78, 5) is 14.6. The van der Waals surface area contributed by atoms with Gasteiger partial charge in [-0.3, -0.25) is 15.1 Å². The molecule has 0 fully saturated rings. The van der Waals surface area contributed by atoms with E-state index in [2.05, 4.69) is 4.99 Å². The maximum Gasteiger partial charge on any atom is 0.270 e. The lowest BCUT2D eigenvalue weighted by Crippen LogP contribution is -1.92. The van der Waals surface area contributed by atoms with E-state index in [4.69, 9.17) is 25.5 Å². The highest BCUT2D eigenvalue weighted by Gasteiger charge is 2.14. The molecule has 0 aliphatic carbocycles. The molecular weight excluding hydrogens is 360 g/mol. The van der Waals surface area contributed by atoms with E-state index in [9.17, 15) is 10.1 Å². The number of non-ortho nitro benzene ring substituents is 1. The third-order valence-electron chi connectivity index (χ3n) is 3.75. The smallest absolute Gasteiger partial charge is 0.270 e. The molecule has 8 heteroatoms. The third-order valence-corrected chi connectivity index (χ3v) is 4.07. The monoisotopic (exact) mass is 370 g/mol. The molecule has 26 heavy (non-hydrogen) atoms. The van der Waals surface area contributed by atoms with Crippen molar-refractivity contribution in [1.82, 2.24) is 0 Å². The Morgan fingerprint density at radius 3 is 2.73 bits per heavy atom. The zero-order valence-electron chi connectivity index (χ0n) is 13.2. The van der Waals surface area contributed by atoms with Crippen LogP contribution in [0.3, 0.4) is 0 Å². The van der Waals surface area contributed by atoms with Gasteiger partial charge in [-0.05, 0) is 30.3 Å². The summed E-state index contributed by atoms with van der Waals surface area (Å²) in [5.74, 6) is 2.36. The number of hydrogen-bond acceptors (Lipinski definition) is 6. The van der Waals surface area contributed by atoms with Crippen molar-refractivity contribution in [3.63, 3.8) is 0 Å². The second kappa shape index (κ2) is 6.53. The summed E-state index contributed by atoms with van der Waals surface area (Å²) in [6.45, 7) is 0.208. The van der Waals surface area contributed by atoms with Gasteiger partial charge in [-0.15, -0.1) is 0 Å². The average molecular weight is 371 g/mol. The van der Waals surface area contributed by atoms with Crippen LogP contribution < -0.4 is 9.47 Å². The Morgan fingerprint density at radius 1 is 1.08 bits per heavy atom. The number of nitro benzene ring substituents is 1. The quantitative estimate of drug-likeness (QED) is 0.367. The lowest BCUT2D eigenvalue weighted by Gasteiger charge is -2.00. The molecule has 2 aromatic carbocycles. The third kappa shape index (κ3) is 3.12. The molecule has 0 spiro atoms. The summed E-state index contributed by atoms with van der Waals surface area (Å²) < 4.78 is 16.3. The van der Waals surface area contributed by atoms with Gasteiger partial charge >= 0.3 is 0 Å². The van der Waals surface area contributed by atoms with E-state index in [0.29, 0.717) is 34.3 Å². The molecule has 0 saturated heterocycles. The second-order valence-electron chi connectivity index (χ2n) is 5.42. The number of nitro groups is 1. The number of aliphatic imine (C=N–C) groups is 1. The standard InChI is InChI=1S/C18H11ClN2O5/c19-15-8-12(21(22)23)2-4-14(15)16-6-3-13(26-16)9-20-11-1-5-17-18(7-11)25-10-24-17/h1-9H,10H2. The van der Waals surface area contributed by atoms with Crippen LogP contribution in [0.2, 0.25) is 5.02 Å². The number of rotatable bonds is 4. The molecule has 0 amide bonds. The molecule has 0 N–H and O–H groups in total. The summed E-state index contributed by atoms with van der Waals surface area (Å²) in [5.41, 5.74) is 1.19. The molecule has 0 bridgehead atoms. The predicted octanol–water partition coefficient (Wildman–Crippen LogP) is 4.99. The van der Waals surface area contributed by atoms with Gasteiger partial charge in [-0.1, -0.05) is 11.6 Å². The Kier molecular flexibility index (Phi) is 4.06. The van der Waals surface area contributed by atoms with Gasteiger partial charge in [0.15, 0.2) is 11.5 Å². The van der Waals surface area contributed by atoms with Crippen LogP contribution in [-0.2, 0) is 0 Å². The predicted molar refractivity (Wildman–Crippen MR) is 95.6 cm³/mol. The number of hydrogen-bond donors (Lipinski definition) is 0. The molecule has 2 heterocycles. The fourth-order valence-electron chi connectivity index (χ4n) is 2.49. The fourth-order valence-corrected chi connectivity index (χ4v) is 2.76. The molecule has 130 valence electrons. The van der Waals surface area contributed by atoms with Crippen LogP contribution in [0.5, 0.6) is 11.5 Å². The molecule has 0 atom stereocenters. The number of ether oxygens (including phenoxy) is 2. The zero-order valence-corrected chi connectivity index (χ0v) is 14.0. The molecule has 0 radical (unpaired) electrons. The van der Waals surface area contributed by atoms with Gasteiger partial charge in [0, 0.05) is 23.8 Å². The second-order valence-corrected chi connectivity index (χ2v) is 5.83. The summed E-state index contributed by atoms with van der Waals surface area (Å²) in [6, 6.07) is 13.1. The summed E-state index contributed by atoms with van der Waals surface area (Å²) in [7, 11) is 0. The molecule has 1 aliphatic heterocycles. The van der Waals surface area contributed by atoms with E-state index in [-0.39, 0.29) is 17.5 Å². The van der Waals surface area contributed by atoms with E-state index >= 15 is 0 Å². The highest BCUT2D eigenvalue weighted by Crippen LogP contribution is 2.35. The summed E-state index contributed by atoms with van der Waals surface area (Å²) in [5, 5.41) is 11.0. The molecule has 0 saturated carbocycles. The van der Waals surface area contributed by atoms with Crippen LogP contribution in [0.15, 0.2) is 57.9 Å². The first-order chi connectivity index (χ1) is 12.6. The van der Waals surface area contributed by atoms with Crippen molar-refractivity contribution in [1.29, 1.82) is 0 Å². The van der Waals surface area contributed by atoms with E-state index in [0.717, 1.165) is 0 Å². The minimum absolute atomic E-state index is 0.0742. The molecule has 3 aromatic rings. The van der Waals surface area contributed by atoms with Crippen molar-refractivity contribution in [2.24, 2.45) is 4.99 Å². The molecule has 0 unspecified atom stereocenters. The van der Waals surface area contributed by atoms with Gasteiger partial charge < -0.3 is 13.9 Å². The van der Waals surface area contributed by atoms with Gasteiger partial charge in [0.1, 0.15) is 11.5 Å². The van der Waals surface area contributed by atoms with Gasteiger partial charge in [-0.25, -0.2) is 0 Å². The number of halogens is 1. The average Bonchev–Trinajstić information content (AvgIpc) is 3.28. The lowest BCUT2D eigenvalue weighted by atomic mass is 10.1. The molecular formula is C18H11ClN2O5.